The van der Waals surface area contributed by atoms with Crippen molar-refractivity contribution in [3.63, 3.8) is 0 Å². The van der Waals surface area contributed by atoms with Crippen molar-refractivity contribution in [2.75, 3.05) is 7.11 Å². The summed E-state index contributed by atoms with van der Waals surface area (Å²) in [4.78, 5) is 15.4. The van der Waals surface area contributed by atoms with Gasteiger partial charge in [0.1, 0.15) is 10.9 Å². The van der Waals surface area contributed by atoms with Crippen LogP contribution in [0.1, 0.15) is 10.4 Å². The summed E-state index contributed by atoms with van der Waals surface area (Å²) < 4.78 is 11.2. The molecule has 1 aromatic heterocycles. The number of aromatic nitrogens is 1. The molecule has 6 heteroatoms. The van der Waals surface area contributed by atoms with E-state index in [1.165, 1.54) is 13.2 Å². The second-order valence-corrected chi connectivity index (χ2v) is 5.14. The van der Waals surface area contributed by atoms with E-state index in [0.29, 0.717) is 11.6 Å². The topological polar surface area (TPSA) is 48.4 Å². The van der Waals surface area contributed by atoms with Crippen molar-refractivity contribution in [2.24, 2.45) is 0 Å². The lowest BCUT2D eigenvalue weighted by Gasteiger charge is -2.06. The molecular formula is C13H9ClINO3. The van der Waals surface area contributed by atoms with Crippen molar-refractivity contribution < 1.29 is 14.3 Å². The Morgan fingerprint density at radius 2 is 1.89 bits per heavy atom. The van der Waals surface area contributed by atoms with Gasteiger partial charge in [0.15, 0.2) is 0 Å². The number of ether oxygens (including phenoxy) is 2. The molecule has 2 aromatic rings. The van der Waals surface area contributed by atoms with Crippen LogP contribution in [0.15, 0.2) is 36.4 Å². The third-order valence-electron chi connectivity index (χ3n) is 2.26. The first-order valence-electron chi connectivity index (χ1n) is 5.28. The summed E-state index contributed by atoms with van der Waals surface area (Å²) in [7, 11) is 1.29. The van der Waals surface area contributed by atoms with Gasteiger partial charge in [-0.1, -0.05) is 11.6 Å². The molecule has 0 saturated carbocycles. The zero-order valence-corrected chi connectivity index (χ0v) is 12.8. The minimum Gasteiger partial charge on any atom is -0.465 e. The normalized spacial score (nSPS) is 10.1. The summed E-state index contributed by atoms with van der Waals surface area (Å²) in [5.41, 5.74) is 0.208. The second kappa shape index (κ2) is 6.21. The van der Waals surface area contributed by atoms with Crippen molar-refractivity contribution in [2.45, 2.75) is 0 Å². The molecule has 0 spiro atoms. The molecule has 2 rings (SSSR count). The maximum Gasteiger partial charge on any atom is 0.341 e. The molecule has 98 valence electrons. The molecule has 0 unspecified atom stereocenters. The van der Waals surface area contributed by atoms with Gasteiger partial charge in [-0.3, -0.25) is 0 Å². The Bertz CT molecular complexity index is 601. The predicted molar refractivity (Wildman–Crippen MR) is 79.8 cm³/mol. The van der Waals surface area contributed by atoms with Crippen LogP contribution in [0.5, 0.6) is 11.6 Å². The number of rotatable bonds is 3. The smallest absolute Gasteiger partial charge is 0.341 e. The van der Waals surface area contributed by atoms with Crippen LogP contribution in [-0.2, 0) is 4.74 Å². The van der Waals surface area contributed by atoms with Gasteiger partial charge < -0.3 is 9.47 Å². The lowest BCUT2D eigenvalue weighted by molar-refractivity contribution is 0.0600. The first-order valence-corrected chi connectivity index (χ1v) is 6.74. The lowest BCUT2D eigenvalue weighted by Crippen LogP contribution is -2.03. The number of nitrogens with zero attached hydrogens (tertiary/aromatic N) is 1. The highest BCUT2D eigenvalue weighted by Gasteiger charge is 2.13. The quantitative estimate of drug-likeness (QED) is 0.454. The summed E-state index contributed by atoms with van der Waals surface area (Å²) in [6.45, 7) is 0. The Labute approximate surface area is 128 Å². The van der Waals surface area contributed by atoms with E-state index in [1.54, 1.807) is 6.07 Å². The summed E-state index contributed by atoms with van der Waals surface area (Å²) >= 11 is 8.11. The minimum atomic E-state index is -0.529. The van der Waals surface area contributed by atoms with Crippen LogP contribution in [-0.4, -0.2) is 18.1 Å². The van der Waals surface area contributed by atoms with E-state index in [9.17, 15) is 4.79 Å². The van der Waals surface area contributed by atoms with E-state index in [1.807, 2.05) is 24.3 Å². The van der Waals surface area contributed by atoms with E-state index in [4.69, 9.17) is 16.3 Å². The third kappa shape index (κ3) is 3.57. The number of carbonyl (C=O) groups excluding carboxylic acids is 1. The van der Waals surface area contributed by atoms with E-state index >= 15 is 0 Å². The SMILES string of the molecule is COC(=O)c1ccc(Oc2ccc(I)cc2)nc1Cl. The molecule has 1 heterocycles. The molecule has 1 aromatic carbocycles. The van der Waals surface area contributed by atoms with Gasteiger partial charge in [0, 0.05) is 9.64 Å². The molecule has 0 aliphatic heterocycles. The number of esters is 1. The van der Waals surface area contributed by atoms with Gasteiger partial charge in [0.2, 0.25) is 5.88 Å². The number of carbonyl (C=O) groups is 1. The monoisotopic (exact) mass is 389 g/mol. The molecule has 0 bridgehead atoms. The Balaban J connectivity index is 2.20. The minimum absolute atomic E-state index is 0.0508. The zero-order chi connectivity index (χ0) is 13.8. The number of benzene rings is 1. The average Bonchev–Trinajstić information content (AvgIpc) is 2.41. The molecular weight excluding hydrogens is 381 g/mol. The first kappa shape index (κ1) is 14.1. The number of methoxy groups -OCH3 is 1. The molecule has 0 saturated heterocycles. The fourth-order valence-electron chi connectivity index (χ4n) is 1.36. The van der Waals surface area contributed by atoms with Crippen LogP contribution in [0, 0.1) is 3.57 Å². The van der Waals surface area contributed by atoms with Gasteiger partial charge >= 0.3 is 5.97 Å². The van der Waals surface area contributed by atoms with Crippen LogP contribution >= 0.6 is 34.2 Å². The maximum atomic E-state index is 11.4. The van der Waals surface area contributed by atoms with E-state index in [2.05, 4.69) is 32.3 Å². The highest BCUT2D eigenvalue weighted by molar-refractivity contribution is 14.1. The molecule has 0 fully saturated rings. The molecule has 0 N–H and O–H groups in total. The molecule has 0 atom stereocenters. The van der Waals surface area contributed by atoms with E-state index < -0.39 is 5.97 Å². The number of halogens is 2. The van der Waals surface area contributed by atoms with Gasteiger partial charge in [-0.15, -0.1) is 0 Å². The molecule has 0 aliphatic carbocycles. The number of hydrogen-bond acceptors (Lipinski definition) is 4. The highest BCUT2D eigenvalue weighted by Crippen LogP contribution is 2.24. The Kier molecular flexibility index (Phi) is 4.60. The first-order chi connectivity index (χ1) is 9.10. The van der Waals surface area contributed by atoms with Crippen LogP contribution in [0.25, 0.3) is 0 Å². The third-order valence-corrected chi connectivity index (χ3v) is 3.27. The standard InChI is InChI=1S/C13H9ClINO3/c1-18-13(17)10-6-7-11(16-12(10)14)19-9-4-2-8(15)3-5-9/h2-7H,1H3. The maximum absolute atomic E-state index is 11.4. The highest BCUT2D eigenvalue weighted by atomic mass is 127. The van der Waals surface area contributed by atoms with Crippen molar-refractivity contribution in [3.05, 3.63) is 50.7 Å². The van der Waals surface area contributed by atoms with Gasteiger partial charge in [0.25, 0.3) is 0 Å². The summed E-state index contributed by atoms with van der Waals surface area (Å²) in [5, 5.41) is 0.0508. The molecule has 4 nitrogen and oxygen atoms in total. The zero-order valence-electron chi connectivity index (χ0n) is 9.89. The van der Waals surface area contributed by atoms with E-state index in [-0.39, 0.29) is 10.7 Å². The Hall–Kier alpha value is -1.34. The van der Waals surface area contributed by atoms with Gasteiger partial charge in [-0.05, 0) is 52.9 Å². The van der Waals surface area contributed by atoms with Gasteiger partial charge in [-0.2, -0.15) is 0 Å². The molecule has 0 amide bonds. The van der Waals surface area contributed by atoms with Crippen LogP contribution < -0.4 is 4.74 Å². The number of pyridine rings is 1. The van der Waals surface area contributed by atoms with Crippen LogP contribution in [0.2, 0.25) is 5.15 Å². The fraction of sp³-hybridized carbons (Fsp3) is 0.0769. The molecule has 19 heavy (non-hydrogen) atoms. The fourth-order valence-corrected chi connectivity index (χ4v) is 1.94. The van der Waals surface area contributed by atoms with Crippen LogP contribution in [0.3, 0.4) is 0 Å². The van der Waals surface area contributed by atoms with Crippen LogP contribution in [0.4, 0.5) is 0 Å². The Morgan fingerprint density at radius 1 is 1.21 bits per heavy atom. The lowest BCUT2D eigenvalue weighted by atomic mass is 10.3. The van der Waals surface area contributed by atoms with Gasteiger partial charge in [-0.25, -0.2) is 9.78 Å². The number of hydrogen-bond donors (Lipinski definition) is 0. The van der Waals surface area contributed by atoms with Crippen molar-refractivity contribution in [1.82, 2.24) is 4.98 Å². The largest absolute Gasteiger partial charge is 0.465 e. The van der Waals surface area contributed by atoms with Crippen molar-refractivity contribution >= 4 is 40.2 Å². The molecule has 0 aliphatic rings. The average molecular weight is 390 g/mol. The Morgan fingerprint density at radius 3 is 2.47 bits per heavy atom. The second-order valence-electron chi connectivity index (χ2n) is 3.54. The predicted octanol–water partition coefficient (Wildman–Crippen LogP) is 3.92. The van der Waals surface area contributed by atoms with E-state index in [0.717, 1.165) is 3.57 Å². The van der Waals surface area contributed by atoms with Gasteiger partial charge in [0.05, 0.1) is 12.7 Å². The van der Waals surface area contributed by atoms with Crippen molar-refractivity contribution in [3.8, 4) is 11.6 Å². The summed E-state index contributed by atoms with van der Waals surface area (Å²) in [6.07, 6.45) is 0. The molecule has 0 radical (unpaired) electrons. The summed E-state index contributed by atoms with van der Waals surface area (Å²) in [5.74, 6) is 0.437. The van der Waals surface area contributed by atoms with Crippen molar-refractivity contribution in [1.29, 1.82) is 0 Å². The summed E-state index contributed by atoms with van der Waals surface area (Å²) in [6, 6.07) is 10.6.